The molecule has 1 aliphatic heterocycles. The van der Waals surface area contributed by atoms with E-state index in [4.69, 9.17) is 0 Å². The van der Waals surface area contributed by atoms with Gasteiger partial charge in [0.1, 0.15) is 10.7 Å². The van der Waals surface area contributed by atoms with Gasteiger partial charge in [-0.05, 0) is 0 Å². The van der Waals surface area contributed by atoms with E-state index in [-0.39, 0.29) is 17.9 Å². The summed E-state index contributed by atoms with van der Waals surface area (Å²) in [6.45, 7) is 0.556. The standard InChI is InChI=1S/C15H15N3O2S/c1-18-8-11(7-13(18)19)16-14(20)12-9-21-15(17-12)10-5-3-2-4-6-10/h2-6,9,11H,7-8H2,1H3,(H,16,20). The molecule has 1 fully saturated rings. The largest absolute Gasteiger partial charge is 0.346 e. The summed E-state index contributed by atoms with van der Waals surface area (Å²) in [7, 11) is 1.74. The maximum Gasteiger partial charge on any atom is 0.271 e. The number of carbonyl (C=O) groups is 2. The third-order valence-electron chi connectivity index (χ3n) is 3.43. The fourth-order valence-corrected chi connectivity index (χ4v) is 3.12. The molecular weight excluding hydrogens is 286 g/mol. The molecule has 1 unspecified atom stereocenters. The van der Waals surface area contributed by atoms with Crippen LogP contribution < -0.4 is 5.32 Å². The third kappa shape index (κ3) is 2.95. The van der Waals surface area contributed by atoms with Gasteiger partial charge in [-0.25, -0.2) is 4.98 Å². The van der Waals surface area contributed by atoms with Gasteiger partial charge in [0.25, 0.3) is 5.91 Å². The van der Waals surface area contributed by atoms with E-state index in [2.05, 4.69) is 10.3 Å². The van der Waals surface area contributed by atoms with Crippen molar-refractivity contribution in [3.8, 4) is 10.6 Å². The van der Waals surface area contributed by atoms with E-state index < -0.39 is 0 Å². The molecule has 0 bridgehead atoms. The Morgan fingerprint density at radius 2 is 2.14 bits per heavy atom. The van der Waals surface area contributed by atoms with Crippen molar-refractivity contribution in [2.24, 2.45) is 0 Å². The first-order valence-electron chi connectivity index (χ1n) is 6.69. The number of likely N-dealkylation sites (N-methyl/N-ethyl adjacent to an activating group) is 1. The van der Waals surface area contributed by atoms with Crippen molar-refractivity contribution >= 4 is 23.2 Å². The summed E-state index contributed by atoms with van der Waals surface area (Å²) in [6.07, 6.45) is 0.359. The molecule has 1 aromatic heterocycles. The predicted molar refractivity (Wildman–Crippen MR) is 81.1 cm³/mol. The highest BCUT2D eigenvalue weighted by molar-refractivity contribution is 7.13. The van der Waals surface area contributed by atoms with Crippen molar-refractivity contribution < 1.29 is 9.59 Å². The average molecular weight is 301 g/mol. The Morgan fingerprint density at radius 3 is 2.81 bits per heavy atom. The van der Waals surface area contributed by atoms with Gasteiger partial charge in [-0.2, -0.15) is 0 Å². The summed E-state index contributed by atoms with van der Waals surface area (Å²) in [4.78, 5) is 29.6. The molecule has 5 nitrogen and oxygen atoms in total. The first-order chi connectivity index (χ1) is 10.1. The zero-order chi connectivity index (χ0) is 14.8. The van der Waals surface area contributed by atoms with Crippen molar-refractivity contribution in [2.75, 3.05) is 13.6 Å². The SMILES string of the molecule is CN1CC(NC(=O)c2csc(-c3ccccc3)n2)CC1=O. The van der Waals surface area contributed by atoms with Crippen LogP contribution in [0.3, 0.4) is 0 Å². The molecule has 2 aromatic rings. The van der Waals surface area contributed by atoms with E-state index in [0.29, 0.717) is 18.7 Å². The monoisotopic (exact) mass is 301 g/mol. The van der Waals surface area contributed by atoms with Crippen LogP contribution in [-0.2, 0) is 4.79 Å². The Labute approximate surface area is 126 Å². The highest BCUT2D eigenvalue weighted by atomic mass is 32.1. The lowest BCUT2D eigenvalue weighted by molar-refractivity contribution is -0.126. The molecule has 1 N–H and O–H groups in total. The lowest BCUT2D eigenvalue weighted by atomic mass is 10.2. The van der Waals surface area contributed by atoms with E-state index >= 15 is 0 Å². The van der Waals surface area contributed by atoms with Gasteiger partial charge in [0.2, 0.25) is 5.91 Å². The minimum Gasteiger partial charge on any atom is -0.346 e. The van der Waals surface area contributed by atoms with Crippen LogP contribution in [-0.4, -0.2) is 41.3 Å². The van der Waals surface area contributed by atoms with E-state index in [1.165, 1.54) is 11.3 Å². The number of hydrogen-bond acceptors (Lipinski definition) is 4. The first kappa shape index (κ1) is 13.8. The van der Waals surface area contributed by atoms with Crippen LogP contribution in [0, 0.1) is 0 Å². The highest BCUT2D eigenvalue weighted by Gasteiger charge is 2.28. The predicted octanol–water partition coefficient (Wildman–Crippen LogP) is 1.77. The van der Waals surface area contributed by atoms with Gasteiger partial charge < -0.3 is 10.2 Å². The minimum atomic E-state index is -0.221. The van der Waals surface area contributed by atoms with Gasteiger partial charge in [0, 0.05) is 31.0 Å². The van der Waals surface area contributed by atoms with E-state index in [1.807, 2.05) is 30.3 Å². The van der Waals surface area contributed by atoms with Crippen LogP contribution in [0.15, 0.2) is 35.7 Å². The lowest BCUT2D eigenvalue weighted by Crippen LogP contribution is -2.36. The third-order valence-corrected chi connectivity index (χ3v) is 4.33. The van der Waals surface area contributed by atoms with E-state index in [0.717, 1.165) is 10.6 Å². The second-order valence-electron chi connectivity index (χ2n) is 5.05. The second kappa shape index (κ2) is 5.65. The van der Waals surface area contributed by atoms with Crippen LogP contribution in [0.2, 0.25) is 0 Å². The van der Waals surface area contributed by atoms with Crippen LogP contribution >= 0.6 is 11.3 Å². The topological polar surface area (TPSA) is 62.3 Å². The summed E-state index contributed by atoms with van der Waals surface area (Å²) >= 11 is 1.44. The van der Waals surface area contributed by atoms with E-state index in [1.54, 1.807) is 17.3 Å². The number of amides is 2. The molecule has 1 atom stereocenters. The quantitative estimate of drug-likeness (QED) is 0.940. The summed E-state index contributed by atoms with van der Waals surface area (Å²) in [5.41, 5.74) is 1.40. The number of hydrogen-bond donors (Lipinski definition) is 1. The van der Waals surface area contributed by atoms with Gasteiger partial charge in [0.15, 0.2) is 0 Å². The molecule has 0 spiro atoms. The molecule has 0 radical (unpaired) electrons. The van der Waals surface area contributed by atoms with Crippen LogP contribution in [0.4, 0.5) is 0 Å². The number of nitrogens with one attached hydrogen (secondary N) is 1. The summed E-state index contributed by atoms with van der Waals surface area (Å²) in [5, 5.41) is 5.43. The molecule has 0 aliphatic carbocycles. The number of likely N-dealkylation sites (tertiary alicyclic amines) is 1. The molecular formula is C15H15N3O2S. The molecule has 3 rings (SSSR count). The first-order valence-corrected chi connectivity index (χ1v) is 7.57. The average Bonchev–Trinajstić information content (AvgIpc) is 3.08. The van der Waals surface area contributed by atoms with Crippen molar-refractivity contribution in [3.63, 3.8) is 0 Å². The normalized spacial score (nSPS) is 18.0. The lowest BCUT2D eigenvalue weighted by Gasteiger charge is -2.11. The van der Waals surface area contributed by atoms with Crippen molar-refractivity contribution in [2.45, 2.75) is 12.5 Å². The zero-order valence-electron chi connectivity index (χ0n) is 11.6. The van der Waals surface area contributed by atoms with Gasteiger partial charge in [-0.1, -0.05) is 30.3 Å². The van der Waals surface area contributed by atoms with Gasteiger partial charge in [0.05, 0.1) is 6.04 Å². The number of rotatable bonds is 3. The van der Waals surface area contributed by atoms with Crippen molar-refractivity contribution in [3.05, 3.63) is 41.4 Å². The number of aromatic nitrogens is 1. The maximum atomic E-state index is 12.2. The van der Waals surface area contributed by atoms with Crippen molar-refractivity contribution in [1.82, 2.24) is 15.2 Å². The van der Waals surface area contributed by atoms with Crippen LogP contribution in [0.25, 0.3) is 10.6 Å². The number of thiazole rings is 1. The molecule has 1 aliphatic rings. The Hall–Kier alpha value is -2.21. The molecule has 1 saturated heterocycles. The Kier molecular flexibility index (Phi) is 3.70. The summed E-state index contributed by atoms with van der Waals surface area (Å²) < 4.78 is 0. The molecule has 2 amide bonds. The van der Waals surface area contributed by atoms with Crippen molar-refractivity contribution in [1.29, 1.82) is 0 Å². The Bertz CT molecular complexity index is 669. The fourth-order valence-electron chi connectivity index (χ4n) is 2.31. The molecule has 21 heavy (non-hydrogen) atoms. The smallest absolute Gasteiger partial charge is 0.271 e. The van der Waals surface area contributed by atoms with Gasteiger partial charge >= 0.3 is 0 Å². The molecule has 2 heterocycles. The summed E-state index contributed by atoms with van der Waals surface area (Å²) in [5.74, 6) is -0.162. The number of benzene rings is 1. The maximum absolute atomic E-state index is 12.2. The molecule has 0 saturated carbocycles. The summed E-state index contributed by atoms with van der Waals surface area (Å²) in [6, 6.07) is 9.62. The minimum absolute atomic E-state index is 0.0588. The molecule has 1 aromatic carbocycles. The Morgan fingerprint density at radius 1 is 1.38 bits per heavy atom. The Balaban J connectivity index is 1.69. The molecule has 108 valence electrons. The number of carbonyl (C=O) groups excluding carboxylic acids is 2. The zero-order valence-corrected chi connectivity index (χ0v) is 12.4. The van der Waals surface area contributed by atoms with Gasteiger partial charge in [-0.3, -0.25) is 9.59 Å². The van der Waals surface area contributed by atoms with Crippen LogP contribution in [0.5, 0.6) is 0 Å². The molecule has 6 heteroatoms. The van der Waals surface area contributed by atoms with Gasteiger partial charge in [-0.15, -0.1) is 11.3 Å². The second-order valence-corrected chi connectivity index (χ2v) is 5.91. The fraction of sp³-hybridized carbons (Fsp3) is 0.267. The highest BCUT2D eigenvalue weighted by Crippen LogP contribution is 2.23. The van der Waals surface area contributed by atoms with Crippen LogP contribution in [0.1, 0.15) is 16.9 Å². The number of nitrogens with zero attached hydrogens (tertiary/aromatic N) is 2. The van der Waals surface area contributed by atoms with E-state index in [9.17, 15) is 9.59 Å².